The number of hydrogen-bond acceptors (Lipinski definition) is 7. The van der Waals surface area contributed by atoms with Crippen LogP contribution in [0.5, 0.6) is 0 Å². The molecular formula is C21H21N5O2S. The molecule has 0 spiro atoms. The minimum Gasteiger partial charge on any atom is -0.324 e. The zero-order valence-corrected chi connectivity index (χ0v) is 16.6. The lowest BCUT2D eigenvalue weighted by atomic mass is 10.00. The standard InChI is InChI=1S/C21H21N5O2S/c27-29(28)14-16-10-23-21(24-17-6-2-1-3-7-17)25-20(16)18-12-26(13-19(18)29)11-15-5-4-8-22-9-15/h1-10,18-19H,11-14H2,(H,23,24,25)/t18-,19+/m1/s1. The number of nitrogens with one attached hydrogen (secondary N) is 1. The van der Waals surface area contributed by atoms with Gasteiger partial charge in [0.25, 0.3) is 0 Å². The molecule has 29 heavy (non-hydrogen) atoms. The molecule has 0 unspecified atom stereocenters. The van der Waals surface area contributed by atoms with Crippen LogP contribution in [0, 0.1) is 0 Å². The SMILES string of the molecule is O=S1(=O)Cc2cnc(Nc3ccccc3)nc2[C@@H]2CN(Cc3cccnc3)C[C@@H]21. The molecule has 0 aliphatic carbocycles. The van der Waals surface area contributed by atoms with Gasteiger partial charge in [-0.05, 0) is 23.8 Å². The number of sulfone groups is 1. The molecule has 4 heterocycles. The molecule has 1 aromatic carbocycles. The molecule has 2 aromatic heterocycles. The lowest BCUT2D eigenvalue weighted by molar-refractivity contribution is 0.326. The summed E-state index contributed by atoms with van der Waals surface area (Å²) in [4.78, 5) is 15.4. The van der Waals surface area contributed by atoms with Crippen molar-refractivity contribution < 1.29 is 8.42 Å². The second-order valence-electron chi connectivity index (χ2n) is 7.60. The highest BCUT2D eigenvalue weighted by Gasteiger charge is 2.47. The van der Waals surface area contributed by atoms with Gasteiger partial charge < -0.3 is 5.32 Å². The summed E-state index contributed by atoms with van der Waals surface area (Å²) in [5, 5.41) is 2.79. The number of para-hydroxylation sites is 1. The quantitative estimate of drug-likeness (QED) is 0.711. The van der Waals surface area contributed by atoms with E-state index in [2.05, 4.69) is 20.2 Å². The Bertz CT molecular complexity index is 1120. The van der Waals surface area contributed by atoms with Crippen molar-refractivity contribution in [3.8, 4) is 0 Å². The first kappa shape index (κ1) is 18.2. The molecule has 2 atom stereocenters. The molecule has 148 valence electrons. The smallest absolute Gasteiger partial charge is 0.227 e. The molecule has 1 saturated heterocycles. The van der Waals surface area contributed by atoms with Gasteiger partial charge in [-0.3, -0.25) is 9.88 Å². The van der Waals surface area contributed by atoms with Crippen LogP contribution in [0.1, 0.15) is 22.7 Å². The molecule has 0 radical (unpaired) electrons. The molecule has 0 saturated carbocycles. The van der Waals surface area contributed by atoms with E-state index < -0.39 is 15.1 Å². The van der Waals surface area contributed by atoms with Gasteiger partial charge in [-0.25, -0.2) is 18.4 Å². The molecule has 0 amide bonds. The third-order valence-electron chi connectivity index (χ3n) is 5.57. The van der Waals surface area contributed by atoms with Gasteiger partial charge in [-0.15, -0.1) is 0 Å². The zero-order valence-electron chi connectivity index (χ0n) is 15.8. The average molecular weight is 407 g/mol. The van der Waals surface area contributed by atoms with Crippen LogP contribution in [0.25, 0.3) is 0 Å². The van der Waals surface area contributed by atoms with Crippen molar-refractivity contribution in [1.29, 1.82) is 0 Å². The van der Waals surface area contributed by atoms with Crippen molar-refractivity contribution in [1.82, 2.24) is 19.9 Å². The maximum Gasteiger partial charge on any atom is 0.227 e. The van der Waals surface area contributed by atoms with Gasteiger partial charge in [0.1, 0.15) is 0 Å². The molecule has 8 heteroatoms. The summed E-state index contributed by atoms with van der Waals surface area (Å²) in [5.41, 5.74) is 3.55. The minimum absolute atomic E-state index is 0.00977. The van der Waals surface area contributed by atoms with Crippen LogP contribution in [-0.2, 0) is 22.1 Å². The van der Waals surface area contributed by atoms with Crippen molar-refractivity contribution in [2.24, 2.45) is 0 Å². The predicted molar refractivity (Wildman–Crippen MR) is 110 cm³/mol. The fourth-order valence-corrected chi connectivity index (χ4v) is 6.27. The van der Waals surface area contributed by atoms with Crippen LogP contribution in [0.15, 0.2) is 61.1 Å². The van der Waals surface area contributed by atoms with Gasteiger partial charge in [0.2, 0.25) is 5.95 Å². The molecule has 3 aromatic rings. The highest BCUT2D eigenvalue weighted by Crippen LogP contribution is 2.39. The average Bonchev–Trinajstić information content (AvgIpc) is 3.15. The van der Waals surface area contributed by atoms with Crippen LogP contribution in [-0.4, -0.2) is 46.6 Å². The molecule has 1 N–H and O–H groups in total. The Morgan fingerprint density at radius 1 is 1.07 bits per heavy atom. The van der Waals surface area contributed by atoms with Gasteiger partial charge in [0.15, 0.2) is 9.84 Å². The molecule has 5 rings (SSSR count). The van der Waals surface area contributed by atoms with E-state index in [9.17, 15) is 8.42 Å². The largest absolute Gasteiger partial charge is 0.324 e. The zero-order chi connectivity index (χ0) is 19.8. The maximum absolute atomic E-state index is 12.9. The third kappa shape index (κ3) is 3.61. The topological polar surface area (TPSA) is 88.1 Å². The van der Waals surface area contributed by atoms with E-state index in [0.717, 1.165) is 16.9 Å². The number of aromatic nitrogens is 3. The molecule has 2 aliphatic heterocycles. The Balaban J connectivity index is 1.44. The number of pyridine rings is 1. The van der Waals surface area contributed by atoms with E-state index in [1.54, 1.807) is 12.4 Å². The van der Waals surface area contributed by atoms with Gasteiger partial charge in [-0.2, -0.15) is 0 Å². The van der Waals surface area contributed by atoms with Crippen molar-refractivity contribution >= 4 is 21.5 Å². The van der Waals surface area contributed by atoms with Gasteiger partial charge in [0, 0.05) is 55.4 Å². The van der Waals surface area contributed by atoms with Crippen LogP contribution < -0.4 is 5.32 Å². The predicted octanol–water partition coefficient (Wildman–Crippen LogP) is 2.51. The number of rotatable bonds is 4. The first-order chi connectivity index (χ1) is 14.1. The summed E-state index contributed by atoms with van der Waals surface area (Å²) in [6, 6.07) is 13.6. The normalized spacial score (nSPS) is 22.6. The second-order valence-corrected chi connectivity index (χ2v) is 9.82. The van der Waals surface area contributed by atoms with E-state index in [1.807, 2.05) is 48.7 Å². The van der Waals surface area contributed by atoms with Crippen molar-refractivity contribution in [3.63, 3.8) is 0 Å². The monoisotopic (exact) mass is 407 g/mol. The van der Waals surface area contributed by atoms with Crippen LogP contribution in [0.2, 0.25) is 0 Å². The number of anilines is 2. The summed E-state index contributed by atoms with van der Waals surface area (Å²) >= 11 is 0. The summed E-state index contributed by atoms with van der Waals surface area (Å²) < 4.78 is 25.8. The molecular weight excluding hydrogens is 386 g/mol. The molecule has 1 fully saturated rings. The number of benzene rings is 1. The lowest BCUT2D eigenvalue weighted by Crippen LogP contribution is -2.35. The number of fused-ring (bicyclic) bond motifs is 3. The van der Waals surface area contributed by atoms with Crippen molar-refractivity contribution in [3.05, 3.63) is 77.9 Å². The number of nitrogens with zero attached hydrogens (tertiary/aromatic N) is 4. The van der Waals surface area contributed by atoms with Gasteiger partial charge >= 0.3 is 0 Å². The maximum atomic E-state index is 12.9. The number of hydrogen-bond donors (Lipinski definition) is 1. The Hall–Kier alpha value is -2.84. The third-order valence-corrected chi connectivity index (χ3v) is 7.68. The summed E-state index contributed by atoms with van der Waals surface area (Å²) in [7, 11) is -3.23. The van der Waals surface area contributed by atoms with Crippen molar-refractivity contribution in [2.75, 3.05) is 18.4 Å². The summed E-state index contributed by atoms with van der Waals surface area (Å²) in [6.07, 6.45) is 5.23. The fraction of sp³-hybridized carbons (Fsp3) is 0.286. The van der Waals surface area contributed by atoms with E-state index in [1.165, 1.54) is 0 Å². The van der Waals surface area contributed by atoms with E-state index >= 15 is 0 Å². The van der Waals surface area contributed by atoms with Crippen LogP contribution in [0.4, 0.5) is 11.6 Å². The lowest BCUT2D eigenvalue weighted by Gasteiger charge is -2.26. The van der Waals surface area contributed by atoms with Crippen LogP contribution >= 0.6 is 0 Å². The van der Waals surface area contributed by atoms with E-state index in [0.29, 0.717) is 31.1 Å². The Labute approximate surface area is 169 Å². The number of likely N-dealkylation sites (tertiary alicyclic amines) is 1. The molecule has 7 nitrogen and oxygen atoms in total. The van der Waals surface area contributed by atoms with E-state index in [-0.39, 0.29) is 11.7 Å². The van der Waals surface area contributed by atoms with Crippen molar-refractivity contribution in [2.45, 2.75) is 23.5 Å². The summed E-state index contributed by atoms with van der Waals surface area (Å²) in [6.45, 7) is 1.87. The first-order valence-corrected chi connectivity index (χ1v) is 11.3. The first-order valence-electron chi connectivity index (χ1n) is 9.59. The summed E-state index contributed by atoms with van der Waals surface area (Å²) in [5.74, 6) is 0.369. The second kappa shape index (κ2) is 7.20. The minimum atomic E-state index is -3.23. The Kier molecular flexibility index (Phi) is 4.52. The van der Waals surface area contributed by atoms with Gasteiger partial charge in [-0.1, -0.05) is 24.3 Å². The molecule has 2 aliphatic rings. The van der Waals surface area contributed by atoms with E-state index in [4.69, 9.17) is 4.98 Å². The highest BCUT2D eigenvalue weighted by molar-refractivity contribution is 7.91. The molecule has 0 bridgehead atoms. The fourth-order valence-electron chi connectivity index (χ4n) is 4.24. The van der Waals surface area contributed by atoms with Crippen LogP contribution in [0.3, 0.4) is 0 Å². The highest BCUT2D eigenvalue weighted by atomic mass is 32.2. The Morgan fingerprint density at radius 3 is 2.72 bits per heavy atom. The Morgan fingerprint density at radius 2 is 1.93 bits per heavy atom. The van der Waals surface area contributed by atoms with Gasteiger partial charge in [0.05, 0.1) is 16.7 Å².